The van der Waals surface area contributed by atoms with Crippen molar-refractivity contribution in [2.75, 3.05) is 26.2 Å². The minimum atomic E-state index is -0.540. The quantitative estimate of drug-likeness (QED) is 0.756. The summed E-state index contributed by atoms with van der Waals surface area (Å²) in [6.07, 6.45) is 1.35. The molecule has 0 spiro atoms. The van der Waals surface area contributed by atoms with Crippen LogP contribution < -0.4 is 5.32 Å². The molecular weight excluding hydrogens is 368 g/mol. The minimum absolute atomic E-state index is 0.134. The molecule has 1 aromatic heterocycles. The molecule has 1 fully saturated rings. The second-order valence-electron chi connectivity index (χ2n) is 7.16. The molecule has 0 bridgehead atoms. The Morgan fingerprint density at radius 3 is 2.62 bits per heavy atom. The molecule has 0 aliphatic carbocycles. The summed E-state index contributed by atoms with van der Waals surface area (Å²) in [7, 11) is 0. The van der Waals surface area contributed by atoms with E-state index in [1.54, 1.807) is 11.8 Å². The fraction of sp³-hybridized carbons (Fsp3) is 0.455. The summed E-state index contributed by atoms with van der Waals surface area (Å²) in [5.41, 5.74) is 1.70. The lowest BCUT2D eigenvalue weighted by Gasteiger charge is -2.32. The Balaban J connectivity index is 2.14. The standard InChI is InChI=1S/C22H28N4O3/c1-4-9-17-18(22(28)29-5-2)19(21(27)26-13-12-23-15(3)14-26)25-20(24-17)16-10-7-6-8-11-16/h6-8,10-11,15,23H,4-5,9,12-14H2,1-3H3. The van der Waals surface area contributed by atoms with E-state index in [0.717, 1.165) is 12.0 Å². The van der Waals surface area contributed by atoms with Gasteiger partial charge in [0.1, 0.15) is 11.3 Å². The molecule has 1 unspecified atom stereocenters. The van der Waals surface area contributed by atoms with Crippen LogP contribution in [0.3, 0.4) is 0 Å². The molecule has 1 aromatic carbocycles. The average molecular weight is 396 g/mol. The van der Waals surface area contributed by atoms with Crippen molar-refractivity contribution >= 4 is 11.9 Å². The van der Waals surface area contributed by atoms with E-state index in [9.17, 15) is 9.59 Å². The van der Waals surface area contributed by atoms with Gasteiger partial charge in [-0.1, -0.05) is 43.7 Å². The first-order valence-electron chi connectivity index (χ1n) is 10.2. The molecule has 2 heterocycles. The van der Waals surface area contributed by atoms with Crippen LogP contribution in [0.2, 0.25) is 0 Å². The zero-order valence-corrected chi connectivity index (χ0v) is 17.3. The molecule has 2 aromatic rings. The van der Waals surface area contributed by atoms with E-state index in [2.05, 4.69) is 15.3 Å². The summed E-state index contributed by atoms with van der Waals surface area (Å²) in [5.74, 6) is -0.339. The number of hydrogen-bond donors (Lipinski definition) is 1. The van der Waals surface area contributed by atoms with Crippen LogP contribution in [0, 0.1) is 0 Å². The van der Waals surface area contributed by atoms with Crippen molar-refractivity contribution in [2.24, 2.45) is 0 Å². The highest BCUT2D eigenvalue weighted by Gasteiger charge is 2.30. The minimum Gasteiger partial charge on any atom is -0.462 e. The lowest BCUT2D eigenvalue weighted by atomic mass is 10.0. The van der Waals surface area contributed by atoms with Gasteiger partial charge in [-0.05, 0) is 20.3 Å². The van der Waals surface area contributed by atoms with Crippen molar-refractivity contribution in [3.05, 3.63) is 47.3 Å². The van der Waals surface area contributed by atoms with Gasteiger partial charge in [0.05, 0.1) is 12.3 Å². The van der Waals surface area contributed by atoms with Gasteiger partial charge in [-0.3, -0.25) is 4.79 Å². The van der Waals surface area contributed by atoms with Crippen molar-refractivity contribution in [3.63, 3.8) is 0 Å². The van der Waals surface area contributed by atoms with Crippen LogP contribution in [0.15, 0.2) is 30.3 Å². The molecule has 7 heteroatoms. The molecule has 1 aliphatic rings. The van der Waals surface area contributed by atoms with Crippen molar-refractivity contribution in [1.82, 2.24) is 20.2 Å². The number of carbonyl (C=O) groups is 2. The number of esters is 1. The predicted octanol–water partition coefficient (Wildman–Crippen LogP) is 2.71. The number of benzene rings is 1. The van der Waals surface area contributed by atoms with Gasteiger partial charge in [0.2, 0.25) is 0 Å². The van der Waals surface area contributed by atoms with Crippen molar-refractivity contribution in [1.29, 1.82) is 0 Å². The van der Waals surface area contributed by atoms with E-state index in [4.69, 9.17) is 4.74 Å². The Morgan fingerprint density at radius 1 is 1.21 bits per heavy atom. The molecule has 1 N–H and O–H groups in total. The normalized spacial score (nSPS) is 16.5. The van der Waals surface area contributed by atoms with Crippen LogP contribution in [-0.4, -0.2) is 59.0 Å². The monoisotopic (exact) mass is 396 g/mol. The van der Waals surface area contributed by atoms with Crippen LogP contribution in [0.5, 0.6) is 0 Å². The molecule has 1 atom stereocenters. The number of hydrogen-bond acceptors (Lipinski definition) is 6. The number of rotatable bonds is 6. The van der Waals surface area contributed by atoms with Crippen LogP contribution in [0.1, 0.15) is 53.7 Å². The van der Waals surface area contributed by atoms with Gasteiger partial charge in [-0.2, -0.15) is 0 Å². The number of piperazine rings is 1. The van der Waals surface area contributed by atoms with Crippen molar-refractivity contribution in [3.8, 4) is 11.4 Å². The molecular formula is C22H28N4O3. The maximum Gasteiger partial charge on any atom is 0.342 e. The number of carbonyl (C=O) groups excluding carboxylic acids is 2. The lowest BCUT2D eigenvalue weighted by molar-refractivity contribution is 0.0513. The van der Waals surface area contributed by atoms with Crippen molar-refractivity contribution in [2.45, 2.75) is 39.7 Å². The number of ether oxygens (including phenoxy) is 1. The summed E-state index contributed by atoms with van der Waals surface area (Å²) in [5, 5.41) is 3.33. The SMILES string of the molecule is CCCc1nc(-c2ccccc2)nc(C(=O)N2CCNC(C)C2)c1C(=O)OCC. The molecule has 29 heavy (non-hydrogen) atoms. The molecule has 1 amide bonds. The van der Waals surface area contributed by atoms with E-state index in [0.29, 0.717) is 37.6 Å². The molecule has 0 saturated carbocycles. The van der Waals surface area contributed by atoms with Gasteiger partial charge in [0.15, 0.2) is 5.82 Å². The fourth-order valence-electron chi connectivity index (χ4n) is 3.48. The fourth-order valence-corrected chi connectivity index (χ4v) is 3.48. The third kappa shape index (κ3) is 4.79. The van der Waals surface area contributed by atoms with Gasteiger partial charge in [0.25, 0.3) is 5.91 Å². The predicted molar refractivity (Wildman–Crippen MR) is 111 cm³/mol. The third-order valence-electron chi connectivity index (χ3n) is 4.84. The Hall–Kier alpha value is -2.80. The number of aryl methyl sites for hydroxylation is 1. The maximum absolute atomic E-state index is 13.4. The first-order valence-corrected chi connectivity index (χ1v) is 10.2. The van der Waals surface area contributed by atoms with Gasteiger partial charge in [-0.15, -0.1) is 0 Å². The number of aromatic nitrogens is 2. The van der Waals surface area contributed by atoms with Crippen LogP contribution in [-0.2, 0) is 11.2 Å². The second kappa shape index (κ2) is 9.60. The van der Waals surface area contributed by atoms with E-state index < -0.39 is 5.97 Å². The first-order chi connectivity index (χ1) is 14.0. The van der Waals surface area contributed by atoms with Crippen molar-refractivity contribution < 1.29 is 14.3 Å². The van der Waals surface area contributed by atoms with E-state index >= 15 is 0 Å². The van der Waals surface area contributed by atoms with Crippen LogP contribution in [0.25, 0.3) is 11.4 Å². The molecule has 3 rings (SSSR count). The highest BCUT2D eigenvalue weighted by Crippen LogP contribution is 2.23. The molecule has 154 valence electrons. The highest BCUT2D eigenvalue weighted by molar-refractivity contribution is 6.05. The topological polar surface area (TPSA) is 84.4 Å². The summed E-state index contributed by atoms with van der Waals surface area (Å²) in [4.78, 5) is 37.1. The van der Waals surface area contributed by atoms with Crippen LogP contribution >= 0.6 is 0 Å². The Bertz CT molecular complexity index is 870. The van der Waals surface area contributed by atoms with Gasteiger partial charge >= 0.3 is 5.97 Å². The third-order valence-corrected chi connectivity index (χ3v) is 4.84. The zero-order valence-electron chi connectivity index (χ0n) is 17.3. The number of amides is 1. The second-order valence-corrected chi connectivity index (χ2v) is 7.16. The smallest absolute Gasteiger partial charge is 0.342 e. The zero-order chi connectivity index (χ0) is 20.8. The molecule has 0 radical (unpaired) electrons. The van der Waals surface area contributed by atoms with Gasteiger partial charge < -0.3 is 15.0 Å². The van der Waals surface area contributed by atoms with Crippen LogP contribution in [0.4, 0.5) is 0 Å². The Kier molecular flexibility index (Phi) is 6.93. The summed E-state index contributed by atoms with van der Waals surface area (Å²) in [6.45, 7) is 7.86. The Morgan fingerprint density at radius 2 is 1.97 bits per heavy atom. The average Bonchev–Trinajstić information content (AvgIpc) is 2.73. The Labute approximate surface area is 171 Å². The maximum atomic E-state index is 13.4. The van der Waals surface area contributed by atoms with E-state index in [1.807, 2.05) is 44.2 Å². The molecule has 7 nitrogen and oxygen atoms in total. The molecule has 1 saturated heterocycles. The molecule has 1 aliphatic heterocycles. The largest absolute Gasteiger partial charge is 0.462 e. The highest BCUT2D eigenvalue weighted by atomic mass is 16.5. The van der Waals surface area contributed by atoms with Gasteiger partial charge in [0, 0.05) is 31.2 Å². The summed E-state index contributed by atoms with van der Waals surface area (Å²) < 4.78 is 5.26. The summed E-state index contributed by atoms with van der Waals surface area (Å²) >= 11 is 0. The van der Waals surface area contributed by atoms with E-state index in [1.165, 1.54) is 0 Å². The summed E-state index contributed by atoms with van der Waals surface area (Å²) in [6, 6.07) is 9.70. The number of nitrogens with one attached hydrogen (secondary N) is 1. The first kappa shape index (κ1) is 20.9. The lowest BCUT2D eigenvalue weighted by Crippen LogP contribution is -2.51. The number of nitrogens with zero attached hydrogens (tertiary/aromatic N) is 3. The van der Waals surface area contributed by atoms with E-state index in [-0.39, 0.29) is 29.8 Å². The van der Waals surface area contributed by atoms with Gasteiger partial charge in [-0.25, -0.2) is 14.8 Å².